The van der Waals surface area contributed by atoms with Gasteiger partial charge in [0.05, 0.1) is 18.8 Å². The van der Waals surface area contributed by atoms with E-state index in [1.54, 1.807) is 0 Å². The number of aliphatic hydroxyl groups excluding tert-OH is 2. The number of unbranched alkanes of at least 4 members (excludes halogenated alkanes) is 49. The van der Waals surface area contributed by atoms with E-state index >= 15 is 0 Å². The minimum Gasteiger partial charge on any atom is -0.394 e. The summed E-state index contributed by atoms with van der Waals surface area (Å²) in [4.78, 5) is 12.5. The molecule has 394 valence electrons. The van der Waals surface area contributed by atoms with Gasteiger partial charge in [-0.1, -0.05) is 328 Å². The number of hydrogen-bond acceptors (Lipinski definition) is 3. The summed E-state index contributed by atoms with van der Waals surface area (Å²) < 4.78 is 0. The first-order chi connectivity index (χ1) is 32.7. The van der Waals surface area contributed by atoms with Crippen molar-refractivity contribution in [3.05, 3.63) is 12.2 Å². The molecule has 4 heteroatoms. The Hall–Kier alpha value is -0.870. The molecule has 4 nitrogen and oxygen atoms in total. The predicted molar refractivity (Wildman–Crippen MR) is 295 cm³/mol. The van der Waals surface area contributed by atoms with E-state index in [-0.39, 0.29) is 12.5 Å². The minimum atomic E-state index is -0.658. The van der Waals surface area contributed by atoms with Crippen LogP contribution in [0.2, 0.25) is 0 Å². The zero-order chi connectivity index (χ0) is 47.7. The maximum Gasteiger partial charge on any atom is 0.220 e. The fourth-order valence-electron chi connectivity index (χ4n) is 10.1. The minimum absolute atomic E-state index is 0.0237. The molecule has 0 aliphatic carbocycles. The van der Waals surface area contributed by atoms with Gasteiger partial charge in [0, 0.05) is 6.42 Å². The molecule has 0 aromatic rings. The van der Waals surface area contributed by atoms with Crippen LogP contribution in [-0.2, 0) is 4.79 Å². The van der Waals surface area contributed by atoms with E-state index in [4.69, 9.17) is 0 Å². The summed E-state index contributed by atoms with van der Waals surface area (Å²) in [6.45, 7) is 4.41. The van der Waals surface area contributed by atoms with Crippen molar-refractivity contribution in [3.8, 4) is 0 Å². The summed E-state index contributed by atoms with van der Waals surface area (Å²) in [6.07, 6.45) is 76.6. The number of carbonyl (C=O) groups excluding carboxylic acids is 1. The fraction of sp³-hybridized carbons (Fsp3) is 0.952. The molecule has 0 aliphatic rings. The van der Waals surface area contributed by atoms with Crippen LogP contribution in [0.1, 0.15) is 361 Å². The molecule has 0 spiro atoms. The first kappa shape index (κ1) is 65.1. The molecule has 2 unspecified atom stereocenters. The Labute approximate surface area is 416 Å². The maximum atomic E-state index is 12.5. The molecule has 0 saturated heterocycles. The molecule has 1 amide bonds. The second kappa shape index (κ2) is 58.4. The van der Waals surface area contributed by atoms with E-state index < -0.39 is 12.1 Å². The topological polar surface area (TPSA) is 69.6 Å². The normalized spacial score (nSPS) is 12.7. The lowest BCUT2D eigenvalue weighted by molar-refractivity contribution is -0.123. The molecule has 0 rings (SSSR count). The van der Waals surface area contributed by atoms with Gasteiger partial charge < -0.3 is 15.5 Å². The summed E-state index contributed by atoms with van der Waals surface area (Å²) in [5, 5.41) is 23.4. The predicted octanol–water partition coefficient (Wildman–Crippen LogP) is 20.5. The van der Waals surface area contributed by atoms with Gasteiger partial charge >= 0.3 is 0 Å². The van der Waals surface area contributed by atoms with Gasteiger partial charge in [0.25, 0.3) is 0 Å². The summed E-state index contributed by atoms with van der Waals surface area (Å²) >= 11 is 0. The monoisotopic (exact) mass is 930 g/mol. The van der Waals surface area contributed by atoms with Crippen LogP contribution >= 0.6 is 0 Å². The average Bonchev–Trinajstić information content (AvgIpc) is 3.32. The van der Waals surface area contributed by atoms with Crippen LogP contribution in [0, 0.1) is 0 Å². The molecule has 0 aliphatic heterocycles. The van der Waals surface area contributed by atoms with Crippen molar-refractivity contribution in [2.24, 2.45) is 0 Å². The van der Waals surface area contributed by atoms with E-state index in [0.29, 0.717) is 12.8 Å². The number of carbonyl (C=O) groups is 1. The van der Waals surface area contributed by atoms with E-state index in [2.05, 4.69) is 31.3 Å². The number of hydrogen-bond donors (Lipinski definition) is 3. The highest BCUT2D eigenvalue weighted by Gasteiger charge is 2.20. The quantitative estimate of drug-likeness (QED) is 0.0420. The van der Waals surface area contributed by atoms with E-state index in [0.717, 1.165) is 25.7 Å². The Balaban J connectivity index is 3.40. The second-order valence-electron chi connectivity index (χ2n) is 21.5. The maximum absolute atomic E-state index is 12.5. The smallest absolute Gasteiger partial charge is 0.220 e. The zero-order valence-corrected chi connectivity index (χ0v) is 45.5. The third kappa shape index (κ3) is 54.1. The van der Waals surface area contributed by atoms with Gasteiger partial charge in [-0.05, 0) is 38.5 Å². The highest BCUT2D eigenvalue weighted by atomic mass is 16.3. The molecule has 0 fully saturated rings. The molecule has 0 bridgehead atoms. The van der Waals surface area contributed by atoms with Crippen molar-refractivity contribution >= 4 is 5.91 Å². The van der Waals surface area contributed by atoms with E-state index in [9.17, 15) is 15.0 Å². The number of rotatable bonds is 58. The first-order valence-corrected chi connectivity index (χ1v) is 30.9. The summed E-state index contributed by atoms with van der Waals surface area (Å²) in [5.41, 5.74) is 0. The van der Waals surface area contributed by atoms with Crippen molar-refractivity contribution in [2.75, 3.05) is 6.61 Å². The molecule has 66 heavy (non-hydrogen) atoms. The Morgan fingerprint density at radius 3 is 0.833 bits per heavy atom. The van der Waals surface area contributed by atoms with Crippen LogP contribution in [0.5, 0.6) is 0 Å². The zero-order valence-electron chi connectivity index (χ0n) is 45.5. The van der Waals surface area contributed by atoms with Crippen LogP contribution in [0.15, 0.2) is 12.2 Å². The van der Waals surface area contributed by atoms with Gasteiger partial charge in [0.2, 0.25) is 5.91 Å². The Kier molecular flexibility index (Phi) is 57.7. The third-order valence-electron chi connectivity index (χ3n) is 14.8. The number of nitrogens with one attached hydrogen (secondary N) is 1. The SMILES string of the molecule is CCCCCCCCCCCCCC/C=C\CCCCCCCCCCCCCCCC(=O)NC(CO)C(O)CCCCCCCCCCCCCCCCCCCCCCCCCCC. The van der Waals surface area contributed by atoms with Crippen molar-refractivity contribution in [1.82, 2.24) is 5.32 Å². The third-order valence-corrected chi connectivity index (χ3v) is 14.8. The van der Waals surface area contributed by atoms with Crippen molar-refractivity contribution < 1.29 is 15.0 Å². The highest BCUT2D eigenvalue weighted by Crippen LogP contribution is 2.19. The van der Waals surface area contributed by atoms with Gasteiger partial charge in [-0.2, -0.15) is 0 Å². The summed E-state index contributed by atoms with van der Waals surface area (Å²) in [7, 11) is 0. The Morgan fingerprint density at radius 2 is 0.576 bits per heavy atom. The van der Waals surface area contributed by atoms with Crippen LogP contribution in [0.25, 0.3) is 0 Å². The molecule has 3 N–H and O–H groups in total. The molecule has 0 saturated carbocycles. The Morgan fingerprint density at radius 1 is 0.348 bits per heavy atom. The molecule has 2 atom stereocenters. The van der Waals surface area contributed by atoms with Crippen LogP contribution in [0.4, 0.5) is 0 Å². The van der Waals surface area contributed by atoms with Crippen LogP contribution < -0.4 is 5.32 Å². The van der Waals surface area contributed by atoms with Gasteiger partial charge in [-0.15, -0.1) is 0 Å². The molecule has 0 aromatic carbocycles. The lowest BCUT2D eigenvalue weighted by Crippen LogP contribution is -2.45. The molecule has 0 radical (unpaired) electrons. The van der Waals surface area contributed by atoms with Gasteiger partial charge in [-0.3, -0.25) is 4.79 Å². The van der Waals surface area contributed by atoms with Crippen molar-refractivity contribution in [1.29, 1.82) is 0 Å². The fourth-order valence-corrected chi connectivity index (χ4v) is 10.1. The van der Waals surface area contributed by atoms with Gasteiger partial charge in [-0.25, -0.2) is 0 Å². The van der Waals surface area contributed by atoms with E-state index in [1.165, 1.54) is 308 Å². The highest BCUT2D eigenvalue weighted by molar-refractivity contribution is 5.76. The van der Waals surface area contributed by atoms with Crippen LogP contribution in [-0.4, -0.2) is 34.9 Å². The Bertz CT molecular complexity index is 921. The number of allylic oxidation sites excluding steroid dienone is 2. The van der Waals surface area contributed by atoms with Crippen molar-refractivity contribution in [2.45, 2.75) is 373 Å². The lowest BCUT2D eigenvalue weighted by Gasteiger charge is -2.22. The summed E-state index contributed by atoms with van der Waals surface area (Å²) in [6, 6.07) is -0.535. The molecular formula is C62H123NO3. The molecular weight excluding hydrogens is 807 g/mol. The lowest BCUT2D eigenvalue weighted by atomic mass is 10.0. The number of aliphatic hydroxyl groups is 2. The van der Waals surface area contributed by atoms with Crippen molar-refractivity contribution in [3.63, 3.8) is 0 Å². The summed E-state index contributed by atoms with van der Waals surface area (Å²) in [5.74, 6) is -0.0237. The molecule has 0 heterocycles. The molecule has 0 aromatic heterocycles. The average molecular weight is 931 g/mol. The standard InChI is InChI=1S/C62H123NO3/c1-3-5-7-9-11-13-15-17-19-21-23-25-27-29-30-31-32-34-36-38-40-42-44-46-48-50-52-54-56-58-62(66)63-60(59-64)61(65)57-55-53-51-49-47-45-43-41-39-37-35-33-28-26-24-22-20-18-16-14-12-10-8-6-4-2/h29-30,60-61,64-65H,3-28,31-59H2,1-2H3,(H,63,66)/b30-29-. The largest absolute Gasteiger partial charge is 0.394 e. The van der Waals surface area contributed by atoms with Gasteiger partial charge in [0.15, 0.2) is 0 Å². The number of amides is 1. The second-order valence-corrected chi connectivity index (χ2v) is 21.5. The van der Waals surface area contributed by atoms with Gasteiger partial charge in [0.1, 0.15) is 0 Å². The van der Waals surface area contributed by atoms with E-state index in [1.807, 2.05) is 0 Å². The first-order valence-electron chi connectivity index (χ1n) is 30.9. The van der Waals surface area contributed by atoms with Crippen LogP contribution in [0.3, 0.4) is 0 Å².